The number of aldehydes is 1. The molecule has 258 valence electrons. The van der Waals surface area contributed by atoms with E-state index in [4.69, 9.17) is 4.74 Å². The first kappa shape index (κ1) is 36.0. The molecule has 0 saturated carbocycles. The summed E-state index contributed by atoms with van der Waals surface area (Å²) >= 11 is 0. The molecule has 0 radical (unpaired) electrons. The number of aryl methyl sites for hydroxylation is 1. The van der Waals surface area contributed by atoms with E-state index in [9.17, 15) is 28.8 Å². The van der Waals surface area contributed by atoms with Gasteiger partial charge in [0, 0.05) is 25.4 Å². The molecule has 3 heterocycles. The molecule has 5 amide bonds. The Hall–Kier alpha value is -4.88. The van der Waals surface area contributed by atoms with Crippen molar-refractivity contribution in [3.8, 4) is 0 Å². The van der Waals surface area contributed by atoms with Crippen LogP contribution in [0.1, 0.15) is 69.9 Å². The van der Waals surface area contributed by atoms with Crippen molar-refractivity contribution < 1.29 is 33.5 Å². The average Bonchev–Trinajstić information content (AvgIpc) is 3.51. The Morgan fingerprint density at radius 3 is 2.38 bits per heavy atom. The summed E-state index contributed by atoms with van der Waals surface area (Å²) in [6, 6.07) is 3.68. The lowest BCUT2D eigenvalue weighted by Crippen LogP contribution is -2.59. The van der Waals surface area contributed by atoms with Crippen molar-refractivity contribution in [2.45, 2.75) is 90.6 Å². The lowest BCUT2D eigenvalue weighted by Gasteiger charge is -2.32. The molecule has 0 spiro atoms. The molecule has 2 aliphatic heterocycles. The molecule has 0 aliphatic carbocycles. The Morgan fingerprint density at radius 1 is 1.00 bits per heavy atom. The molecule has 3 N–H and O–H groups in total. The van der Waals surface area contributed by atoms with E-state index in [1.165, 1.54) is 23.5 Å². The van der Waals surface area contributed by atoms with E-state index in [-0.39, 0.29) is 24.6 Å². The van der Waals surface area contributed by atoms with Gasteiger partial charge in [-0.2, -0.15) is 0 Å². The Labute approximate surface area is 280 Å². The Morgan fingerprint density at radius 2 is 1.73 bits per heavy atom. The number of likely N-dealkylation sites (tertiary alicyclic amines) is 1. The molecule has 1 saturated heterocycles. The van der Waals surface area contributed by atoms with Crippen molar-refractivity contribution >= 4 is 41.7 Å². The fraction of sp³-hybridized carbons (Fsp3) is 0.529. The van der Waals surface area contributed by atoms with E-state index in [0.717, 1.165) is 24.1 Å². The van der Waals surface area contributed by atoms with Crippen LogP contribution in [0.3, 0.4) is 0 Å². The summed E-state index contributed by atoms with van der Waals surface area (Å²) in [5.41, 5.74) is 1.83. The van der Waals surface area contributed by atoms with Gasteiger partial charge in [-0.1, -0.05) is 52.8 Å². The van der Waals surface area contributed by atoms with Gasteiger partial charge in [0.2, 0.25) is 17.7 Å². The van der Waals surface area contributed by atoms with Crippen molar-refractivity contribution in [1.82, 2.24) is 30.8 Å². The number of carbonyl (C=O) groups excluding carboxylic acids is 6. The third-order valence-electron chi connectivity index (χ3n) is 8.64. The zero-order valence-corrected chi connectivity index (χ0v) is 28.0. The summed E-state index contributed by atoms with van der Waals surface area (Å²) in [6.45, 7) is 9.14. The highest BCUT2D eigenvalue weighted by molar-refractivity contribution is 5.98. The first-order chi connectivity index (χ1) is 22.9. The summed E-state index contributed by atoms with van der Waals surface area (Å²) in [5, 5.41) is 8.14. The number of nitrogens with zero attached hydrogens (tertiary/aromatic N) is 4. The van der Waals surface area contributed by atoms with Crippen molar-refractivity contribution in [1.29, 1.82) is 0 Å². The Balaban J connectivity index is 1.53. The van der Waals surface area contributed by atoms with Gasteiger partial charge in [-0.05, 0) is 42.7 Å². The number of rotatable bonds is 12. The molecule has 14 heteroatoms. The quantitative estimate of drug-likeness (QED) is 0.287. The molecule has 2 aromatic rings. The number of ether oxygens (including phenoxy) is 1. The normalized spacial score (nSPS) is 19.1. The van der Waals surface area contributed by atoms with Gasteiger partial charge in [-0.25, -0.2) is 9.78 Å². The van der Waals surface area contributed by atoms with Crippen LogP contribution in [0, 0.1) is 11.8 Å². The Kier molecular flexibility index (Phi) is 12.2. The number of hydrogen-bond acceptors (Lipinski definition) is 9. The lowest BCUT2D eigenvalue weighted by atomic mass is 9.98. The number of fused-ring (bicyclic) bond motifs is 1. The van der Waals surface area contributed by atoms with Crippen molar-refractivity contribution in [2.75, 3.05) is 18.0 Å². The Bertz CT molecular complexity index is 1490. The molecule has 5 atom stereocenters. The second-order valence-corrected chi connectivity index (χ2v) is 12.8. The van der Waals surface area contributed by atoms with Crippen LogP contribution >= 0.6 is 0 Å². The maximum absolute atomic E-state index is 14.2. The second kappa shape index (κ2) is 16.3. The fourth-order valence-electron chi connectivity index (χ4n) is 5.92. The third-order valence-corrected chi connectivity index (χ3v) is 8.64. The largest absolute Gasteiger partial charge is 0.444 e. The van der Waals surface area contributed by atoms with E-state index in [0.29, 0.717) is 19.3 Å². The van der Waals surface area contributed by atoms with E-state index in [1.807, 2.05) is 24.3 Å². The molecule has 0 unspecified atom stereocenters. The van der Waals surface area contributed by atoms with Crippen LogP contribution in [0.5, 0.6) is 0 Å². The number of benzene rings is 1. The summed E-state index contributed by atoms with van der Waals surface area (Å²) in [5.74, 6) is -3.07. The van der Waals surface area contributed by atoms with Crippen LogP contribution < -0.4 is 20.9 Å². The molecule has 1 aromatic carbocycles. The van der Waals surface area contributed by atoms with Gasteiger partial charge in [0.25, 0.3) is 5.91 Å². The number of para-hydroxylation sites is 1. The highest BCUT2D eigenvalue weighted by Crippen LogP contribution is 2.29. The number of hydrogen-bond donors (Lipinski definition) is 3. The van der Waals surface area contributed by atoms with Gasteiger partial charge in [0.15, 0.2) is 0 Å². The van der Waals surface area contributed by atoms with E-state index >= 15 is 0 Å². The zero-order chi connectivity index (χ0) is 35.0. The molecule has 48 heavy (non-hydrogen) atoms. The van der Waals surface area contributed by atoms with Gasteiger partial charge in [0.05, 0.1) is 24.5 Å². The summed E-state index contributed by atoms with van der Waals surface area (Å²) in [6.07, 6.45) is 5.27. The third kappa shape index (κ3) is 8.52. The van der Waals surface area contributed by atoms with E-state index in [1.54, 1.807) is 39.5 Å². The molecule has 1 fully saturated rings. The first-order valence-electron chi connectivity index (χ1n) is 16.4. The van der Waals surface area contributed by atoms with E-state index in [2.05, 4.69) is 25.9 Å². The first-order valence-corrected chi connectivity index (χ1v) is 16.4. The molecule has 0 bridgehead atoms. The van der Waals surface area contributed by atoms with Crippen LogP contribution in [0.2, 0.25) is 0 Å². The van der Waals surface area contributed by atoms with Gasteiger partial charge < -0.3 is 30.4 Å². The van der Waals surface area contributed by atoms with Crippen LogP contribution in [0.15, 0.2) is 42.9 Å². The predicted molar refractivity (Wildman–Crippen MR) is 176 cm³/mol. The van der Waals surface area contributed by atoms with Crippen molar-refractivity contribution in [3.05, 3.63) is 54.1 Å². The summed E-state index contributed by atoms with van der Waals surface area (Å²) in [7, 11) is 0. The zero-order valence-electron chi connectivity index (χ0n) is 28.0. The predicted octanol–water partition coefficient (Wildman–Crippen LogP) is 2.02. The smallest absolute Gasteiger partial charge is 0.414 e. The van der Waals surface area contributed by atoms with Gasteiger partial charge >= 0.3 is 6.09 Å². The average molecular weight is 664 g/mol. The fourth-order valence-corrected chi connectivity index (χ4v) is 5.92. The van der Waals surface area contributed by atoms with Gasteiger partial charge in [-0.3, -0.25) is 29.1 Å². The van der Waals surface area contributed by atoms with Gasteiger partial charge in [-0.15, -0.1) is 0 Å². The minimum Gasteiger partial charge on any atom is -0.444 e. The van der Waals surface area contributed by atoms with Crippen LogP contribution in [0.25, 0.3) is 0 Å². The van der Waals surface area contributed by atoms with Crippen LogP contribution in [-0.4, -0.2) is 94.2 Å². The number of carbonyl (C=O) groups is 6. The minimum absolute atomic E-state index is 0.00956. The van der Waals surface area contributed by atoms with Crippen LogP contribution in [0.4, 0.5) is 10.5 Å². The standard InChI is InChI=1S/C34H45N7O7/c1-6-23(19-42)37-31(44)27-16-24(48-34(47)40-15-9-11-22-10-7-8-12-26(22)40)18-41(27)33(46)29(21(4)5)39-32(45)28(20(2)3)38-30(43)25-17-35-13-14-36-25/h7-8,10,12-14,17,19-21,23-24,27-29H,6,9,11,15-16,18H2,1-5H3,(H,37,44)(H,38,43)(H,39,45)/t23-,24+,27-,28+,29+/m0/s1. The topological polar surface area (TPSA) is 180 Å². The lowest BCUT2D eigenvalue weighted by molar-refractivity contribution is -0.143. The van der Waals surface area contributed by atoms with Gasteiger partial charge in [0.1, 0.15) is 36.2 Å². The number of amides is 5. The van der Waals surface area contributed by atoms with Crippen LogP contribution in [-0.2, 0) is 30.3 Å². The minimum atomic E-state index is -1.08. The maximum Gasteiger partial charge on any atom is 0.414 e. The summed E-state index contributed by atoms with van der Waals surface area (Å²) < 4.78 is 5.90. The highest BCUT2D eigenvalue weighted by Gasteiger charge is 2.45. The SMILES string of the molecule is CC[C@@H](C=O)NC(=O)[C@@H]1C[C@@H](OC(=O)N2CCCc3ccccc32)CN1C(=O)[C@H](NC(=O)[C@H](NC(=O)c1cnccn1)C(C)C)C(C)C. The van der Waals surface area contributed by atoms with E-state index < -0.39 is 65.9 Å². The number of nitrogens with one attached hydrogen (secondary N) is 3. The molecule has 14 nitrogen and oxygen atoms in total. The monoisotopic (exact) mass is 663 g/mol. The molecule has 1 aromatic heterocycles. The number of anilines is 1. The highest BCUT2D eigenvalue weighted by atomic mass is 16.6. The number of aromatic nitrogens is 2. The van der Waals surface area contributed by atoms with Crippen molar-refractivity contribution in [2.24, 2.45) is 11.8 Å². The summed E-state index contributed by atoms with van der Waals surface area (Å²) in [4.78, 5) is 89.8. The molecule has 2 aliphatic rings. The molecule has 4 rings (SSSR count). The maximum atomic E-state index is 14.2. The van der Waals surface area contributed by atoms with Crippen molar-refractivity contribution in [3.63, 3.8) is 0 Å². The molecular weight excluding hydrogens is 618 g/mol. The molecular formula is C34H45N7O7. The second-order valence-electron chi connectivity index (χ2n) is 12.8.